The minimum Gasteiger partial charge on any atom is -0.462 e. The highest BCUT2D eigenvalue weighted by Gasteiger charge is 2.06. The van der Waals surface area contributed by atoms with Gasteiger partial charge in [0.25, 0.3) is 0 Å². The van der Waals surface area contributed by atoms with Gasteiger partial charge in [-0.25, -0.2) is 4.79 Å². The summed E-state index contributed by atoms with van der Waals surface area (Å²) in [5.41, 5.74) is 0.612. The number of carbonyl (C=O) groups is 1. The number of esters is 1. The molecule has 0 aromatic rings. The molecule has 2 nitrogen and oxygen atoms in total. The average Bonchev–Trinajstić information content (AvgIpc) is 2.48. The molecule has 0 aliphatic heterocycles. The van der Waals surface area contributed by atoms with E-state index in [4.69, 9.17) is 4.74 Å². The van der Waals surface area contributed by atoms with Gasteiger partial charge in [-0.15, -0.1) is 0 Å². The second-order valence-electron chi connectivity index (χ2n) is 6.03. The highest BCUT2D eigenvalue weighted by molar-refractivity contribution is 5.87. The van der Waals surface area contributed by atoms with E-state index < -0.39 is 0 Å². The molecule has 0 heterocycles. The highest BCUT2D eigenvalue weighted by atomic mass is 16.5. The summed E-state index contributed by atoms with van der Waals surface area (Å²) in [5.74, 6) is -0.205. The molecule has 0 atom stereocenters. The van der Waals surface area contributed by atoms with Crippen LogP contribution in [0.1, 0.15) is 97.3 Å². The molecule has 0 aromatic heterocycles. The van der Waals surface area contributed by atoms with Crippen LogP contribution >= 0.6 is 0 Å². The second-order valence-corrected chi connectivity index (χ2v) is 6.03. The Morgan fingerprint density at radius 3 is 1.71 bits per heavy atom. The lowest BCUT2D eigenvalue weighted by Crippen LogP contribution is -2.08. The zero-order valence-corrected chi connectivity index (χ0v) is 14.4. The molecule has 2 heteroatoms. The smallest absolute Gasteiger partial charge is 0.333 e. The van der Waals surface area contributed by atoms with Crippen LogP contribution in [-0.4, -0.2) is 12.6 Å². The van der Waals surface area contributed by atoms with Crippen molar-refractivity contribution < 1.29 is 9.53 Å². The third kappa shape index (κ3) is 13.9. The van der Waals surface area contributed by atoms with Gasteiger partial charge in [0, 0.05) is 5.57 Å². The Morgan fingerprint density at radius 2 is 1.24 bits per heavy atom. The number of carbonyl (C=O) groups excluding carboxylic acids is 1. The van der Waals surface area contributed by atoms with Gasteiger partial charge in [-0.05, 0) is 12.8 Å². The van der Waals surface area contributed by atoms with Crippen LogP contribution in [0.15, 0.2) is 12.2 Å². The van der Waals surface area contributed by atoms with E-state index in [9.17, 15) is 4.79 Å². The maximum atomic E-state index is 11.5. The second kappa shape index (κ2) is 15.6. The Hall–Kier alpha value is -0.790. The third-order valence-corrected chi connectivity index (χ3v) is 3.82. The molecular weight excluding hydrogens is 260 g/mol. The minimum absolute atomic E-state index is 0.205. The first-order valence-electron chi connectivity index (χ1n) is 9.07. The first kappa shape index (κ1) is 20.2. The molecule has 0 unspecified atom stereocenters. The van der Waals surface area contributed by atoms with E-state index in [1.54, 1.807) is 0 Å². The van der Waals surface area contributed by atoms with Crippen LogP contribution in [-0.2, 0) is 9.53 Å². The molecule has 0 fully saturated rings. The summed E-state index contributed by atoms with van der Waals surface area (Å²) in [4.78, 5) is 11.5. The van der Waals surface area contributed by atoms with Gasteiger partial charge in [0.15, 0.2) is 0 Å². The molecule has 0 amide bonds. The maximum Gasteiger partial charge on any atom is 0.333 e. The van der Waals surface area contributed by atoms with E-state index in [0.29, 0.717) is 12.2 Å². The summed E-state index contributed by atoms with van der Waals surface area (Å²) < 4.78 is 5.20. The number of hydrogen-bond acceptors (Lipinski definition) is 2. The SMILES string of the molecule is C=C(CCC)C(=O)OCCCCCCCCCCCCC. The number of unbranched alkanes of at least 4 members (excludes halogenated alkanes) is 10. The number of hydrogen-bond donors (Lipinski definition) is 0. The van der Waals surface area contributed by atoms with E-state index in [0.717, 1.165) is 19.3 Å². The third-order valence-electron chi connectivity index (χ3n) is 3.82. The van der Waals surface area contributed by atoms with Gasteiger partial charge in [-0.3, -0.25) is 0 Å². The topological polar surface area (TPSA) is 26.3 Å². The summed E-state index contributed by atoms with van der Waals surface area (Å²) in [5, 5.41) is 0. The fourth-order valence-electron chi connectivity index (χ4n) is 2.44. The van der Waals surface area contributed by atoms with Crippen molar-refractivity contribution in [3.8, 4) is 0 Å². The van der Waals surface area contributed by atoms with Crippen molar-refractivity contribution in [3.63, 3.8) is 0 Å². The van der Waals surface area contributed by atoms with E-state index in [1.165, 1.54) is 64.2 Å². The van der Waals surface area contributed by atoms with Crippen molar-refractivity contribution in [1.82, 2.24) is 0 Å². The monoisotopic (exact) mass is 296 g/mol. The van der Waals surface area contributed by atoms with Crippen LogP contribution < -0.4 is 0 Å². The Kier molecular flexibility index (Phi) is 15.0. The van der Waals surface area contributed by atoms with Crippen molar-refractivity contribution in [1.29, 1.82) is 0 Å². The first-order valence-corrected chi connectivity index (χ1v) is 9.07. The van der Waals surface area contributed by atoms with Crippen molar-refractivity contribution in [2.45, 2.75) is 97.3 Å². The zero-order chi connectivity index (χ0) is 15.8. The minimum atomic E-state index is -0.205. The molecule has 0 bridgehead atoms. The fourth-order valence-corrected chi connectivity index (χ4v) is 2.44. The van der Waals surface area contributed by atoms with Gasteiger partial charge in [0.1, 0.15) is 0 Å². The normalized spacial score (nSPS) is 10.6. The lowest BCUT2D eigenvalue weighted by atomic mass is 10.1. The van der Waals surface area contributed by atoms with Crippen molar-refractivity contribution in [2.24, 2.45) is 0 Å². The van der Waals surface area contributed by atoms with Crippen LogP contribution in [0.4, 0.5) is 0 Å². The summed E-state index contributed by atoms with van der Waals surface area (Å²) in [6, 6.07) is 0. The van der Waals surface area contributed by atoms with E-state index >= 15 is 0 Å². The quantitative estimate of drug-likeness (QED) is 0.204. The van der Waals surface area contributed by atoms with Gasteiger partial charge >= 0.3 is 5.97 Å². The standard InChI is InChI=1S/C19H36O2/c1-4-6-7-8-9-10-11-12-13-14-15-17-21-19(20)18(3)16-5-2/h3-17H2,1-2H3. The van der Waals surface area contributed by atoms with Crippen molar-refractivity contribution >= 4 is 5.97 Å². The lowest BCUT2D eigenvalue weighted by molar-refractivity contribution is -0.139. The van der Waals surface area contributed by atoms with Crippen molar-refractivity contribution in [3.05, 3.63) is 12.2 Å². The van der Waals surface area contributed by atoms with Gasteiger partial charge in [0.05, 0.1) is 6.61 Å². The van der Waals surface area contributed by atoms with E-state index in [2.05, 4.69) is 13.5 Å². The van der Waals surface area contributed by atoms with Gasteiger partial charge in [-0.2, -0.15) is 0 Å². The molecule has 0 N–H and O–H groups in total. The average molecular weight is 296 g/mol. The van der Waals surface area contributed by atoms with Crippen LogP contribution in [0.5, 0.6) is 0 Å². The predicted octanol–water partition coefficient (Wildman–Crippen LogP) is 6.20. The van der Waals surface area contributed by atoms with Crippen LogP contribution in [0, 0.1) is 0 Å². The molecule has 0 aliphatic rings. The molecule has 124 valence electrons. The van der Waals surface area contributed by atoms with Crippen LogP contribution in [0.2, 0.25) is 0 Å². The Balaban J connectivity index is 3.19. The summed E-state index contributed by atoms with van der Waals surface area (Å²) in [7, 11) is 0. The molecule has 0 rings (SSSR count). The molecule has 0 saturated carbocycles. The summed E-state index contributed by atoms with van der Waals surface area (Å²) in [6.07, 6.45) is 16.1. The molecule has 0 aromatic carbocycles. The predicted molar refractivity (Wildman–Crippen MR) is 91.5 cm³/mol. The molecule has 0 spiro atoms. The summed E-state index contributed by atoms with van der Waals surface area (Å²) >= 11 is 0. The van der Waals surface area contributed by atoms with E-state index in [-0.39, 0.29) is 5.97 Å². The maximum absolute atomic E-state index is 11.5. The number of ether oxygens (including phenoxy) is 1. The van der Waals surface area contributed by atoms with Crippen LogP contribution in [0.3, 0.4) is 0 Å². The van der Waals surface area contributed by atoms with Crippen molar-refractivity contribution in [2.75, 3.05) is 6.61 Å². The Labute approximate surface area is 132 Å². The molecular formula is C19H36O2. The van der Waals surface area contributed by atoms with Gasteiger partial charge < -0.3 is 4.74 Å². The number of rotatable bonds is 15. The largest absolute Gasteiger partial charge is 0.462 e. The van der Waals surface area contributed by atoms with Gasteiger partial charge in [-0.1, -0.05) is 91.1 Å². The van der Waals surface area contributed by atoms with Crippen LogP contribution in [0.25, 0.3) is 0 Å². The lowest BCUT2D eigenvalue weighted by Gasteiger charge is -2.06. The zero-order valence-electron chi connectivity index (χ0n) is 14.4. The van der Waals surface area contributed by atoms with E-state index in [1.807, 2.05) is 6.92 Å². The molecule has 0 radical (unpaired) electrons. The molecule has 21 heavy (non-hydrogen) atoms. The highest BCUT2D eigenvalue weighted by Crippen LogP contribution is 2.11. The molecule has 0 saturated heterocycles. The van der Waals surface area contributed by atoms with Gasteiger partial charge in [0.2, 0.25) is 0 Å². The first-order chi connectivity index (χ1) is 10.2. The Morgan fingerprint density at radius 1 is 0.762 bits per heavy atom. The molecule has 0 aliphatic carbocycles. The fraction of sp³-hybridized carbons (Fsp3) is 0.842. The summed E-state index contributed by atoms with van der Waals surface area (Å²) in [6.45, 7) is 8.60. The Bertz CT molecular complexity index is 258.